The van der Waals surface area contributed by atoms with Crippen molar-refractivity contribution in [2.24, 2.45) is 0 Å². The van der Waals surface area contributed by atoms with Gasteiger partial charge in [0.25, 0.3) is 0 Å². The highest BCUT2D eigenvalue weighted by molar-refractivity contribution is 5.92. The molecule has 8 heteroatoms. The molecule has 1 saturated carbocycles. The molecule has 4 aromatic rings. The SMILES string of the molecule is O=C(Cc1ccc(F)cc1)N1CCCN(c2nc3ccccc3c3nnc(C4CC4)n23)CC1. The molecule has 33 heavy (non-hydrogen) atoms. The maximum absolute atomic E-state index is 13.2. The average Bonchev–Trinajstić information content (AvgIpc) is 3.62. The third-order valence-corrected chi connectivity index (χ3v) is 6.60. The Balaban J connectivity index is 1.28. The van der Waals surface area contributed by atoms with E-state index in [1.165, 1.54) is 12.1 Å². The van der Waals surface area contributed by atoms with Gasteiger partial charge in [-0.05, 0) is 49.1 Å². The maximum atomic E-state index is 13.2. The molecule has 0 unspecified atom stereocenters. The standard InChI is InChI=1S/C25H25FN6O/c26-19-10-6-17(7-11-19)16-22(33)30-12-3-13-31(15-14-30)25-27-21-5-2-1-4-20(21)24-29-28-23(32(24)25)18-8-9-18/h1-2,4-7,10-11,18H,3,8-9,12-16H2. The van der Waals surface area contributed by atoms with Crippen LogP contribution in [-0.4, -0.2) is 56.6 Å². The summed E-state index contributed by atoms with van der Waals surface area (Å²) in [5.41, 5.74) is 2.59. The Hall–Kier alpha value is -3.55. The number of nitrogens with zero attached hydrogens (tertiary/aromatic N) is 6. The zero-order valence-electron chi connectivity index (χ0n) is 18.3. The van der Waals surface area contributed by atoms with Crippen molar-refractivity contribution >= 4 is 28.4 Å². The minimum absolute atomic E-state index is 0.0723. The highest BCUT2D eigenvalue weighted by atomic mass is 19.1. The molecule has 0 atom stereocenters. The Labute approximate surface area is 190 Å². The first-order valence-corrected chi connectivity index (χ1v) is 11.6. The first kappa shape index (κ1) is 20.1. The van der Waals surface area contributed by atoms with Crippen molar-refractivity contribution in [3.63, 3.8) is 0 Å². The lowest BCUT2D eigenvalue weighted by Crippen LogP contribution is -2.36. The second kappa shape index (κ2) is 8.10. The number of anilines is 1. The van der Waals surface area contributed by atoms with Gasteiger partial charge in [-0.15, -0.1) is 10.2 Å². The summed E-state index contributed by atoms with van der Waals surface area (Å²) < 4.78 is 15.3. The molecule has 2 fully saturated rings. The van der Waals surface area contributed by atoms with Gasteiger partial charge in [0, 0.05) is 37.5 Å². The molecule has 1 aliphatic heterocycles. The third-order valence-electron chi connectivity index (χ3n) is 6.60. The number of carbonyl (C=O) groups is 1. The van der Waals surface area contributed by atoms with Gasteiger partial charge in [-0.2, -0.15) is 0 Å². The van der Waals surface area contributed by atoms with Crippen LogP contribution in [0.1, 0.15) is 36.6 Å². The van der Waals surface area contributed by atoms with Gasteiger partial charge in [0.1, 0.15) is 11.6 Å². The quantitative estimate of drug-likeness (QED) is 0.481. The van der Waals surface area contributed by atoms with Crippen molar-refractivity contribution in [3.05, 3.63) is 65.7 Å². The Bertz CT molecular complexity index is 1330. The normalized spacial score (nSPS) is 17.0. The number of benzene rings is 2. The van der Waals surface area contributed by atoms with Gasteiger partial charge in [-0.3, -0.25) is 4.79 Å². The first-order chi connectivity index (χ1) is 16.2. The average molecular weight is 445 g/mol. The highest BCUT2D eigenvalue weighted by Crippen LogP contribution is 2.40. The third kappa shape index (κ3) is 3.79. The Kier molecular flexibility index (Phi) is 4.93. The summed E-state index contributed by atoms with van der Waals surface area (Å²) in [4.78, 5) is 22.1. The number of hydrogen-bond acceptors (Lipinski definition) is 5. The van der Waals surface area contributed by atoms with Crippen LogP contribution in [-0.2, 0) is 11.2 Å². The van der Waals surface area contributed by atoms with Crippen molar-refractivity contribution in [1.82, 2.24) is 24.5 Å². The number of amides is 1. The minimum Gasteiger partial charge on any atom is -0.341 e. The number of rotatable bonds is 4. The van der Waals surface area contributed by atoms with Crippen molar-refractivity contribution in [2.45, 2.75) is 31.6 Å². The van der Waals surface area contributed by atoms with E-state index in [9.17, 15) is 9.18 Å². The monoisotopic (exact) mass is 444 g/mol. The summed E-state index contributed by atoms with van der Waals surface area (Å²) in [5.74, 6) is 2.09. The molecule has 7 nitrogen and oxygen atoms in total. The fourth-order valence-corrected chi connectivity index (χ4v) is 4.66. The summed E-state index contributed by atoms with van der Waals surface area (Å²) in [6, 6.07) is 14.2. The topological polar surface area (TPSA) is 66.6 Å². The zero-order chi connectivity index (χ0) is 22.4. The summed E-state index contributed by atoms with van der Waals surface area (Å²) in [6.07, 6.45) is 3.42. The molecule has 0 spiro atoms. The number of hydrogen-bond donors (Lipinski definition) is 0. The number of fused-ring (bicyclic) bond motifs is 3. The summed E-state index contributed by atoms with van der Waals surface area (Å²) in [5, 5.41) is 10.1. The molecule has 1 amide bonds. The fraction of sp³-hybridized carbons (Fsp3) is 0.360. The predicted molar refractivity (Wildman–Crippen MR) is 124 cm³/mol. The van der Waals surface area contributed by atoms with Crippen molar-refractivity contribution < 1.29 is 9.18 Å². The Morgan fingerprint density at radius 1 is 0.970 bits per heavy atom. The van der Waals surface area contributed by atoms with Gasteiger partial charge in [-0.1, -0.05) is 24.3 Å². The molecule has 1 aliphatic carbocycles. The van der Waals surface area contributed by atoms with E-state index in [0.717, 1.165) is 59.7 Å². The highest BCUT2D eigenvalue weighted by Gasteiger charge is 2.32. The molecule has 2 aliphatic rings. The number of aromatic nitrogens is 4. The smallest absolute Gasteiger partial charge is 0.227 e. The van der Waals surface area contributed by atoms with E-state index < -0.39 is 0 Å². The van der Waals surface area contributed by atoms with Gasteiger partial charge >= 0.3 is 0 Å². The molecule has 2 aromatic carbocycles. The van der Waals surface area contributed by atoms with E-state index in [1.54, 1.807) is 12.1 Å². The Morgan fingerprint density at radius 2 is 1.79 bits per heavy atom. The summed E-state index contributed by atoms with van der Waals surface area (Å²) >= 11 is 0. The van der Waals surface area contributed by atoms with Crippen LogP contribution in [0, 0.1) is 5.82 Å². The van der Waals surface area contributed by atoms with E-state index >= 15 is 0 Å². The van der Waals surface area contributed by atoms with E-state index in [4.69, 9.17) is 4.98 Å². The molecule has 0 radical (unpaired) electrons. The van der Waals surface area contributed by atoms with E-state index in [1.807, 2.05) is 29.2 Å². The minimum atomic E-state index is -0.287. The van der Waals surface area contributed by atoms with Crippen LogP contribution in [0.25, 0.3) is 16.6 Å². The lowest BCUT2D eigenvalue weighted by molar-refractivity contribution is -0.130. The molecule has 0 bridgehead atoms. The van der Waals surface area contributed by atoms with Gasteiger partial charge in [0.05, 0.1) is 11.9 Å². The lowest BCUT2D eigenvalue weighted by Gasteiger charge is -2.24. The molecular formula is C25H25FN6O. The van der Waals surface area contributed by atoms with Gasteiger partial charge in [-0.25, -0.2) is 13.8 Å². The van der Waals surface area contributed by atoms with Crippen LogP contribution in [0.3, 0.4) is 0 Å². The number of carbonyl (C=O) groups excluding carboxylic acids is 1. The molecule has 6 rings (SSSR count). The van der Waals surface area contributed by atoms with Crippen LogP contribution >= 0.6 is 0 Å². The van der Waals surface area contributed by atoms with Crippen LogP contribution in [0.5, 0.6) is 0 Å². The van der Waals surface area contributed by atoms with Gasteiger partial charge in [0.2, 0.25) is 11.9 Å². The zero-order valence-corrected chi connectivity index (χ0v) is 18.3. The number of halogens is 1. The molecule has 1 saturated heterocycles. The van der Waals surface area contributed by atoms with Gasteiger partial charge < -0.3 is 9.80 Å². The molecular weight excluding hydrogens is 419 g/mol. The second-order valence-electron chi connectivity index (χ2n) is 8.95. The Morgan fingerprint density at radius 3 is 2.61 bits per heavy atom. The van der Waals surface area contributed by atoms with Crippen LogP contribution in [0.4, 0.5) is 10.3 Å². The summed E-state index contributed by atoms with van der Waals surface area (Å²) in [7, 11) is 0. The summed E-state index contributed by atoms with van der Waals surface area (Å²) in [6.45, 7) is 2.82. The molecule has 0 N–H and O–H groups in total. The van der Waals surface area contributed by atoms with Crippen molar-refractivity contribution in [3.8, 4) is 0 Å². The van der Waals surface area contributed by atoms with Crippen molar-refractivity contribution in [2.75, 3.05) is 31.1 Å². The second-order valence-corrected chi connectivity index (χ2v) is 8.95. The van der Waals surface area contributed by atoms with Crippen LogP contribution in [0.2, 0.25) is 0 Å². The lowest BCUT2D eigenvalue weighted by atomic mass is 10.1. The largest absolute Gasteiger partial charge is 0.341 e. The molecule has 2 aromatic heterocycles. The van der Waals surface area contributed by atoms with E-state index in [0.29, 0.717) is 25.6 Å². The van der Waals surface area contributed by atoms with E-state index in [2.05, 4.69) is 19.5 Å². The van der Waals surface area contributed by atoms with E-state index in [-0.39, 0.29) is 18.1 Å². The molecule has 3 heterocycles. The van der Waals surface area contributed by atoms with Crippen LogP contribution in [0.15, 0.2) is 48.5 Å². The molecule has 168 valence electrons. The maximum Gasteiger partial charge on any atom is 0.227 e. The first-order valence-electron chi connectivity index (χ1n) is 11.6. The fourth-order valence-electron chi connectivity index (χ4n) is 4.66. The van der Waals surface area contributed by atoms with Gasteiger partial charge in [0.15, 0.2) is 5.65 Å². The number of para-hydroxylation sites is 1. The predicted octanol–water partition coefficient (Wildman–Crippen LogP) is 3.58. The van der Waals surface area contributed by atoms with Crippen LogP contribution < -0.4 is 4.90 Å². The van der Waals surface area contributed by atoms with Crippen molar-refractivity contribution in [1.29, 1.82) is 0 Å².